The molecule has 0 amide bonds. The first kappa shape index (κ1) is 15.0. The highest BCUT2D eigenvalue weighted by Gasteiger charge is 2.29. The van der Waals surface area contributed by atoms with Gasteiger partial charge in [-0.05, 0) is 30.2 Å². The maximum Gasteiger partial charge on any atom is 0.0973 e. The van der Waals surface area contributed by atoms with Crippen molar-refractivity contribution in [3.63, 3.8) is 0 Å². The smallest absolute Gasteiger partial charge is 0.0973 e. The van der Waals surface area contributed by atoms with Gasteiger partial charge in [0.1, 0.15) is 0 Å². The van der Waals surface area contributed by atoms with Crippen LogP contribution in [0, 0.1) is 0 Å². The molecule has 0 saturated carbocycles. The molecule has 0 spiro atoms. The van der Waals surface area contributed by atoms with Gasteiger partial charge in [0.25, 0.3) is 0 Å². The maximum atomic E-state index is 11.1. The molecular formula is C18H19BrO. The number of halogens is 1. The van der Waals surface area contributed by atoms with Crippen molar-refractivity contribution < 1.29 is 5.11 Å². The molecule has 2 aromatic rings. The first-order valence-corrected chi connectivity index (χ1v) is 7.46. The normalized spacial score (nSPS) is 13.8. The molecule has 104 valence electrons. The first-order chi connectivity index (χ1) is 9.49. The Hall–Kier alpha value is -1.38. The van der Waals surface area contributed by atoms with Gasteiger partial charge in [0, 0.05) is 17.3 Å². The summed E-state index contributed by atoms with van der Waals surface area (Å²) < 4.78 is 1.01. The van der Waals surface area contributed by atoms with Gasteiger partial charge in [-0.2, -0.15) is 0 Å². The molecule has 0 saturated heterocycles. The van der Waals surface area contributed by atoms with E-state index in [2.05, 4.69) is 22.5 Å². The summed E-state index contributed by atoms with van der Waals surface area (Å²) in [6.45, 7) is 5.91. The van der Waals surface area contributed by atoms with Crippen molar-refractivity contribution in [2.24, 2.45) is 0 Å². The van der Waals surface area contributed by atoms with Crippen LogP contribution in [0.25, 0.3) is 0 Å². The van der Waals surface area contributed by atoms with Crippen molar-refractivity contribution in [3.05, 3.63) is 82.3 Å². The van der Waals surface area contributed by atoms with Gasteiger partial charge >= 0.3 is 0 Å². The summed E-state index contributed by atoms with van der Waals surface area (Å²) in [6, 6.07) is 17.9. The molecule has 1 N–H and O–H groups in total. The molecule has 1 nitrogen and oxygen atoms in total. The zero-order chi connectivity index (χ0) is 14.6. The fourth-order valence-corrected chi connectivity index (χ4v) is 2.72. The average Bonchev–Trinajstić information content (AvgIpc) is 2.39. The lowest BCUT2D eigenvalue weighted by Gasteiger charge is -2.29. The van der Waals surface area contributed by atoms with Crippen LogP contribution >= 0.6 is 15.9 Å². The molecule has 0 bridgehead atoms. The van der Waals surface area contributed by atoms with E-state index in [0.717, 1.165) is 21.2 Å². The van der Waals surface area contributed by atoms with Crippen molar-refractivity contribution in [2.45, 2.75) is 25.4 Å². The summed E-state index contributed by atoms with van der Waals surface area (Å²) in [5.74, 6) is 0. The van der Waals surface area contributed by atoms with E-state index in [1.54, 1.807) is 0 Å². The second-order valence-electron chi connectivity index (χ2n) is 5.33. The quantitative estimate of drug-likeness (QED) is 0.777. The van der Waals surface area contributed by atoms with Gasteiger partial charge in [0.2, 0.25) is 0 Å². The van der Waals surface area contributed by atoms with E-state index >= 15 is 0 Å². The minimum atomic E-state index is -0.909. The summed E-state index contributed by atoms with van der Waals surface area (Å²) >= 11 is 3.43. The molecular weight excluding hydrogens is 312 g/mol. The molecule has 0 fully saturated rings. The van der Waals surface area contributed by atoms with Crippen molar-refractivity contribution in [1.29, 1.82) is 0 Å². The lowest BCUT2D eigenvalue weighted by Crippen LogP contribution is -2.29. The minimum absolute atomic E-state index is 0.559. The van der Waals surface area contributed by atoms with Crippen LogP contribution in [0.5, 0.6) is 0 Å². The van der Waals surface area contributed by atoms with Gasteiger partial charge in [-0.25, -0.2) is 0 Å². The van der Waals surface area contributed by atoms with Crippen LogP contribution in [-0.4, -0.2) is 5.11 Å². The van der Waals surface area contributed by atoms with E-state index < -0.39 is 5.60 Å². The van der Waals surface area contributed by atoms with Crippen LogP contribution in [0.1, 0.15) is 24.5 Å². The zero-order valence-corrected chi connectivity index (χ0v) is 13.2. The van der Waals surface area contributed by atoms with Gasteiger partial charge in [0.05, 0.1) is 5.60 Å². The lowest BCUT2D eigenvalue weighted by atomic mass is 9.82. The number of hydrogen-bond donors (Lipinski definition) is 1. The summed E-state index contributed by atoms with van der Waals surface area (Å²) in [4.78, 5) is 0. The van der Waals surface area contributed by atoms with Gasteiger partial charge in [-0.3, -0.25) is 0 Å². The summed E-state index contributed by atoms with van der Waals surface area (Å²) in [5, 5.41) is 11.1. The number of hydrogen-bond acceptors (Lipinski definition) is 1. The zero-order valence-electron chi connectivity index (χ0n) is 11.6. The fourth-order valence-electron chi connectivity index (χ4n) is 2.46. The second-order valence-corrected chi connectivity index (χ2v) is 6.25. The van der Waals surface area contributed by atoms with Gasteiger partial charge in [-0.15, -0.1) is 6.58 Å². The third-order valence-corrected chi connectivity index (χ3v) is 3.84. The highest BCUT2D eigenvalue weighted by molar-refractivity contribution is 9.10. The molecule has 0 radical (unpaired) electrons. The number of rotatable bonds is 5. The van der Waals surface area contributed by atoms with Crippen LogP contribution in [0.15, 0.2) is 71.2 Å². The molecule has 20 heavy (non-hydrogen) atoms. The standard InChI is InChI=1S/C18H19BrO/c1-14(2)12-18(20,13-15-6-4-3-5-7-15)16-8-10-17(19)11-9-16/h3-11,20H,1,12-13H2,2H3/t18-/m1/s1. The molecule has 0 heterocycles. The summed E-state index contributed by atoms with van der Waals surface area (Å²) in [7, 11) is 0. The van der Waals surface area contributed by atoms with Crippen LogP contribution < -0.4 is 0 Å². The van der Waals surface area contributed by atoms with Gasteiger partial charge in [0.15, 0.2) is 0 Å². The Labute approximate surface area is 129 Å². The average molecular weight is 331 g/mol. The van der Waals surface area contributed by atoms with E-state index in [0.29, 0.717) is 12.8 Å². The van der Waals surface area contributed by atoms with Crippen LogP contribution in [0.4, 0.5) is 0 Å². The topological polar surface area (TPSA) is 20.2 Å². The molecule has 0 unspecified atom stereocenters. The Morgan fingerprint density at radius 3 is 2.25 bits per heavy atom. The fraction of sp³-hybridized carbons (Fsp3) is 0.222. The number of benzene rings is 2. The molecule has 0 aliphatic heterocycles. The molecule has 0 aromatic heterocycles. The highest BCUT2D eigenvalue weighted by atomic mass is 79.9. The van der Waals surface area contributed by atoms with E-state index in [1.165, 1.54) is 0 Å². The number of aliphatic hydroxyl groups is 1. The van der Waals surface area contributed by atoms with Crippen molar-refractivity contribution >= 4 is 15.9 Å². The predicted molar refractivity (Wildman–Crippen MR) is 87.6 cm³/mol. The Balaban J connectivity index is 2.34. The Morgan fingerprint density at radius 1 is 1.10 bits per heavy atom. The van der Waals surface area contributed by atoms with Crippen LogP contribution in [0.2, 0.25) is 0 Å². The van der Waals surface area contributed by atoms with E-state index in [-0.39, 0.29) is 0 Å². The molecule has 2 rings (SSSR count). The Bertz CT molecular complexity index is 574. The third-order valence-electron chi connectivity index (χ3n) is 3.32. The third kappa shape index (κ3) is 3.81. The summed E-state index contributed by atoms with van der Waals surface area (Å²) in [5.41, 5.74) is 2.12. The maximum absolute atomic E-state index is 11.1. The molecule has 2 aromatic carbocycles. The van der Waals surface area contributed by atoms with Gasteiger partial charge in [-0.1, -0.05) is 64.0 Å². The van der Waals surface area contributed by atoms with Crippen molar-refractivity contribution in [3.8, 4) is 0 Å². The molecule has 0 aliphatic rings. The Morgan fingerprint density at radius 2 is 1.70 bits per heavy atom. The second kappa shape index (κ2) is 6.38. The van der Waals surface area contributed by atoms with Gasteiger partial charge < -0.3 is 5.11 Å². The van der Waals surface area contributed by atoms with Crippen LogP contribution in [-0.2, 0) is 12.0 Å². The van der Waals surface area contributed by atoms with Crippen molar-refractivity contribution in [1.82, 2.24) is 0 Å². The van der Waals surface area contributed by atoms with Crippen LogP contribution in [0.3, 0.4) is 0 Å². The predicted octanol–water partition coefficient (Wildman–Crippen LogP) is 4.85. The van der Waals surface area contributed by atoms with Crippen molar-refractivity contribution in [2.75, 3.05) is 0 Å². The summed E-state index contributed by atoms with van der Waals surface area (Å²) in [6.07, 6.45) is 1.14. The largest absolute Gasteiger partial charge is 0.384 e. The van der Waals surface area contributed by atoms with E-state index in [1.807, 2.05) is 61.5 Å². The highest BCUT2D eigenvalue weighted by Crippen LogP contribution is 2.32. The first-order valence-electron chi connectivity index (χ1n) is 6.66. The monoisotopic (exact) mass is 330 g/mol. The molecule has 1 atom stereocenters. The van der Waals surface area contributed by atoms with E-state index in [4.69, 9.17) is 0 Å². The SMILES string of the molecule is C=C(C)C[C@@](O)(Cc1ccccc1)c1ccc(Br)cc1. The van der Waals surface area contributed by atoms with E-state index in [9.17, 15) is 5.11 Å². The molecule has 0 aliphatic carbocycles. The minimum Gasteiger partial charge on any atom is -0.384 e. The lowest BCUT2D eigenvalue weighted by molar-refractivity contribution is 0.0373. The molecule has 2 heteroatoms. The Kier molecular flexibility index (Phi) is 4.79.